The Bertz CT molecular complexity index is 304. The largest absolute Gasteiger partial charge is 0.481 e. The van der Waals surface area contributed by atoms with Gasteiger partial charge in [-0.25, -0.2) is 0 Å². The molecule has 92 valence electrons. The Kier molecular flexibility index (Phi) is 3.41. The van der Waals surface area contributed by atoms with Crippen molar-refractivity contribution in [3.63, 3.8) is 0 Å². The van der Waals surface area contributed by atoms with Crippen molar-refractivity contribution in [3.05, 3.63) is 0 Å². The van der Waals surface area contributed by atoms with Crippen LogP contribution >= 0.6 is 0 Å². The second kappa shape index (κ2) is 4.28. The third-order valence-corrected chi connectivity index (χ3v) is 2.31. The molecule has 1 heterocycles. The van der Waals surface area contributed by atoms with Gasteiger partial charge in [0.05, 0.1) is 12.5 Å². The third kappa shape index (κ3) is 2.84. The fourth-order valence-corrected chi connectivity index (χ4v) is 1.70. The number of alkyl halides is 3. The zero-order valence-corrected chi connectivity index (χ0v) is 8.07. The van der Waals surface area contributed by atoms with Crippen molar-refractivity contribution in [3.8, 4) is 0 Å². The average Bonchev–Trinajstić information content (AvgIpc) is 2.42. The van der Waals surface area contributed by atoms with E-state index in [1.165, 1.54) is 0 Å². The summed E-state index contributed by atoms with van der Waals surface area (Å²) in [5.74, 6) is -3.41. The summed E-state index contributed by atoms with van der Waals surface area (Å²) in [6.45, 7) is -0.476. The third-order valence-electron chi connectivity index (χ3n) is 2.31. The summed E-state index contributed by atoms with van der Waals surface area (Å²) >= 11 is 0. The highest BCUT2D eigenvalue weighted by Crippen LogP contribution is 2.27. The van der Waals surface area contributed by atoms with Crippen LogP contribution in [0.5, 0.6) is 0 Å². The van der Waals surface area contributed by atoms with Gasteiger partial charge in [-0.2, -0.15) is 13.2 Å². The summed E-state index contributed by atoms with van der Waals surface area (Å²) in [6.07, 6.45) is -6.89. The number of amides is 1. The highest BCUT2D eigenvalue weighted by atomic mass is 19.4. The quantitative estimate of drug-likeness (QED) is 0.712. The van der Waals surface area contributed by atoms with Gasteiger partial charge in [0.2, 0.25) is 0 Å². The maximum Gasteiger partial charge on any atom is 0.471 e. The number of aliphatic hydroxyl groups is 1. The van der Waals surface area contributed by atoms with Crippen LogP contribution in [0.2, 0.25) is 0 Å². The normalized spacial score (nSPS) is 25.9. The van der Waals surface area contributed by atoms with Crippen LogP contribution in [0.25, 0.3) is 0 Å². The zero-order valence-electron chi connectivity index (χ0n) is 8.07. The predicted molar refractivity (Wildman–Crippen MR) is 44.4 cm³/mol. The second-order valence-corrected chi connectivity index (χ2v) is 3.60. The number of hydrogen-bond donors (Lipinski definition) is 2. The fraction of sp³-hybridized carbons (Fsp3) is 0.750. The van der Waals surface area contributed by atoms with E-state index < -0.39 is 43.2 Å². The lowest BCUT2D eigenvalue weighted by Crippen LogP contribution is -2.44. The fourth-order valence-electron chi connectivity index (χ4n) is 1.70. The molecule has 8 heteroatoms. The van der Waals surface area contributed by atoms with Crippen LogP contribution in [-0.2, 0) is 9.59 Å². The topological polar surface area (TPSA) is 77.8 Å². The molecular weight excluding hydrogens is 231 g/mol. The minimum atomic E-state index is -5.04. The number of carbonyl (C=O) groups is 2. The van der Waals surface area contributed by atoms with Crippen LogP contribution in [0.15, 0.2) is 0 Å². The molecular formula is C8H10F3NO4. The number of aliphatic hydroxyl groups excluding tert-OH is 1. The maximum atomic E-state index is 12.1. The van der Waals surface area contributed by atoms with Crippen LogP contribution in [0.1, 0.15) is 12.8 Å². The SMILES string of the molecule is O=C(O)C[C@H]1C[C@@H](O)CN1C(=O)C(F)(F)F. The molecule has 0 saturated carbocycles. The van der Waals surface area contributed by atoms with E-state index in [2.05, 4.69) is 0 Å². The molecule has 2 N–H and O–H groups in total. The van der Waals surface area contributed by atoms with Crippen LogP contribution in [0.3, 0.4) is 0 Å². The van der Waals surface area contributed by atoms with Crippen molar-refractivity contribution in [1.29, 1.82) is 0 Å². The summed E-state index contributed by atoms with van der Waals surface area (Å²) in [5.41, 5.74) is 0. The second-order valence-electron chi connectivity index (χ2n) is 3.60. The number of aliphatic carboxylic acids is 1. The van der Waals surface area contributed by atoms with Gasteiger partial charge >= 0.3 is 18.1 Å². The molecule has 1 aliphatic heterocycles. The number of likely N-dealkylation sites (tertiary alicyclic amines) is 1. The van der Waals surface area contributed by atoms with E-state index in [1.54, 1.807) is 0 Å². The predicted octanol–water partition coefficient (Wildman–Crippen LogP) is -0.0148. The van der Waals surface area contributed by atoms with E-state index in [1.807, 2.05) is 0 Å². The molecule has 0 bridgehead atoms. The molecule has 0 aliphatic carbocycles. The Morgan fingerprint density at radius 3 is 2.38 bits per heavy atom. The summed E-state index contributed by atoms with van der Waals surface area (Å²) < 4.78 is 36.4. The molecule has 2 atom stereocenters. The van der Waals surface area contributed by atoms with Crippen molar-refractivity contribution in [1.82, 2.24) is 4.90 Å². The van der Waals surface area contributed by atoms with Crippen LogP contribution < -0.4 is 0 Å². The van der Waals surface area contributed by atoms with Crippen molar-refractivity contribution in [2.45, 2.75) is 31.2 Å². The summed E-state index contributed by atoms with van der Waals surface area (Å²) in [7, 11) is 0. The van der Waals surface area contributed by atoms with E-state index in [4.69, 9.17) is 10.2 Å². The molecule has 1 fully saturated rings. The molecule has 16 heavy (non-hydrogen) atoms. The number of β-amino-alcohol motifs (C(OH)–C–C–N with tert-alkyl or cyclic N) is 1. The summed E-state index contributed by atoms with van der Waals surface area (Å²) in [4.78, 5) is 21.7. The number of halogens is 3. The van der Waals surface area contributed by atoms with Crippen molar-refractivity contribution in [2.75, 3.05) is 6.54 Å². The monoisotopic (exact) mass is 241 g/mol. The van der Waals surface area contributed by atoms with Gasteiger partial charge < -0.3 is 15.1 Å². The van der Waals surface area contributed by atoms with Gasteiger partial charge in [-0.3, -0.25) is 9.59 Å². The average molecular weight is 241 g/mol. The van der Waals surface area contributed by atoms with Crippen molar-refractivity contribution in [2.24, 2.45) is 0 Å². The van der Waals surface area contributed by atoms with Crippen LogP contribution in [0.4, 0.5) is 13.2 Å². The van der Waals surface area contributed by atoms with Crippen molar-refractivity contribution < 1.29 is 33.0 Å². The van der Waals surface area contributed by atoms with Gasteiger partial charge in [0.15, 0.2) is 0 Å². The Morgan fingerprint density at radius 1 is 1.38 bits per heavy atom. The molecule has 1 aliphatic rings. The lowest BCUT2D eigenvalue weighted by Gasteiger charge is -2.23. The Balaban J connectivity index is 2.77. The number of nitrogens with zero attached hydrogens (tertiary/aromatic N) is 1. The molecule has 1 amide bonds. The Hall–Kier alpha value is -1.31. The van der Waals surface area contributed by atoms with Crippen molar-refractivity contribution >= 4 is 11.9 Å². The van der Waals surface area contributed by atoms with Gasteiger partial charge in [0.1, 0.15) is 0 Å². The Morgan fingerprint density at radius 2 is 1.94 bits per heavy atom. The molecule has 0 spiro atoms. The lowest BCUT2D eigenvalue weighted by molar-refractivity contribution is -0.186. The van der Waals surface area contributed by atoms with E-state index in [0.717, 1.165) is 0 Å². The molecule has 1 rings (SSSR count). The minimum Gasteiger partial charge on any atom is -0.481 e. The van der Waals surface area contributed by atoms with Gasteiger partial charge in [0.25, 0.3) is 0 Å². The van der Waals surface area contributed by atoms with E-state index in [-0.39, 0.29) is 6.42 Å². The molecule has 0 aromatic rings. The van der Waals surface area contributed by atoms with Gasteiger partial charge in [0, 0.05) is 12.6 Å². The smallest absolute Gasteiger partial charge is 0.471 e. The number of carbonyl (C=O) groups excluding carboxylic acids is 1. The molecule has 0 unspecified atom stereocenters. The minimum absolute atomic E-state index is 0.145. The Labute approximate surface area is 88.5 Å². The molecule has 5 nitrogen and oxygen atoms in total. The lowest BCUT2D eigenvalue weighted by atomic mass is 10.1. The standard InChI is InChI=1S/C8H10F3NO4/c9-8(10,11)7(16)12-3-5(13)1-4(12)2-6(14)15/h4-5,13H,1-3H2,(H,14,15)/t4-,5-/m1/s1. The molecule has 1 saturated heterocycles. The first kappa shape index (κ1) is 12.8. The van der Waals surface area contributed by atoms with Crippen LogP contribution in [0, 0.1) is 0 Å². The highest BCUT2D eigenvalue weighted by Gasteiger charge is 2.48. The first-order valence-electron chi connectivity index (χ1n) is 4.49. The highest BCUT2D eigenvalue weighted by molar-refractivity contribution is 5.83. The number of carboxylic acids is 1. The van der Waals surface area contributed by atoms with Crippen LogP contribution in [-0.4, -0.2) is 51.9 Å². The zero-order chi connectivity index (χ0) is 12.5. The first-order valence-corrected chi connectivity index (χ1v) is 4.49. The van der Waals surface area contributed by atoms with E-state index in [9.17, 15) is 22.8 Å². The molecule has 0 aromatic heterocycles. The number of hydrogen-bond acceptors (Lipinski definition) is 3. The van der Waals surface area contributed by atoms with Gasteiger partial charge in [-0.15, -0.1) is 0 Å². The first-order chi connectivity index (χ1) is 7.21. The summed E-state index contributed by atoms with van der Waals surface area (Å²) in [6, 6.07) is -1.10. The van der Waals surface area contributed by atoms with Gasteiger partial charge in [-0.1, -0.05) is 0 Å². The number of rotatable bonds is 2. The van der Waals surface area contributed by atoms with E-state index >= 15 is 0 Å². The number of carboxylic acid groups (broad SMARTS) is 1. The maximum absolute atomic E-state index is 12.1. The van der Waals surface area contributed by atoms with Gasteiger partial charge in [-0.05, 0) is 6.42 Å². The molecule has 0 aromatic carbocycles. The van der Waals surface area contributed by atoms with E-state index in [0.29, 0.717) is 4.90 Å². The summed E-state index contributed by atoms with van der Waals surface area (Å²) in [5, 5.41) is 17.6. The molecule has 0 radical (unpaired) electrons.